The minimum atomic E-state index is -3.63. The van der Waals surface area contributed by atoms with E-state index in [4.69, 9.17) is 0 Å². The first-order chi connectivity index (χ1) is 14.1. The molecule has 0 aliphatic carbocycles. The second kappa shape index (κ2) is 8.86. The Morgan fingerprint density at radius 2 is 1.63 bits per heavy atom. The molecule has 1 amide bonds. The summed E-state index contributed by atoms with van der Waals surface area (Å²) < 4.78 is 41.9. The number of hydrogen-bond acceptors (Lipinski definition) is 3. The van der Waals surface area contributed by atoms with E-state index in [1.807, 2.05) is 33.8 Å². The lowest BCUT2D eigenvalue weighted by Crippen LogP contribution is -2.43. The van der Waals surface area contributed by atoms with Crippen LogP contribution in [0.25, 0.3) is 0 Å². The molecule has 0 atom stereocenters. The van der Waals surface area contributed by atoms with E-state index in [1.165, 1.54) is 10.4 Å². The third-order valence-corrected chi connectivity index (χ3v) is 8.30. The van der Waals surface area contributed by atoms with Crippen molar-refractivity contribution < 1.29 is 17.6 Å². The average molecular weight is 433 g/mol. The van der Waals surface area contributed by atoms with Crippen LogP contribution >= 0.6 is 0 Å². The Kier molecular flexibility index (Phi) is 6.62. The molecule has 1 saturated heterocycles. The highest BCUT2D eigenvalue weighted by molar-refractivity contribution is 7.89. The van der Waals surface area contributed by atoms with Crippen molar-refractivity contribution in [2.45, 2.75) is 52.0 Å². The van der Waals surface area contributed by atoms with Crippen LogP contribution in [0.1, 0.15) is 40.7 Å². The smallest absolute Gasteiger partial charge is 0.243 e. The van der Waals surface area contributed by atoms with E-state index in [2.05, 4.69) is 5.32 Å². The summed E-state index contributed by atoms with van der Waals surface area (Å²) in [7, 11) is -3.63. The van der Waals surface area contributed by atoms with E-state index in [1.54, 1.807) is 18.2 Å². The summed E-state index contributed by atoms with van der Waals surface area (Å²) in [5.74, 6) is -0.781. The van der Waals surface area contributed by atoms with Gasteiger partial charge in [-0.15, -0.1) is 0 Å². The van der Waals surface area contributed by atoms with E-state index < -0.39 is 10.0 Å². The van der Waals surface area contributed by atoms with Crippen LogP contribution in [0.4, 0.5) is 4.39 Å². The third kappa shape index (κ3) is 4.42. The molecule has 1 aliphatic rings. The highest BCUT2D eigenvalue weighted by atomic mass is 32.2. The molecule has 1 aliphatic heterocycles. The number of rotatable bonds is 5. The second-order valence-electron chi connectivity index (χ2n) is 8.08. The minimum absolute atomic E-state index is 0.130. The molecule has 2 aromatic rings. The van der Waals surface area contributed by atoms with Crippen LogP contribution in [0.5, 0.6) is 0 Å². The quantitative estimate of drug-likeness (QED) is 0.782. The van der Waals surface area contributed by atoms with Gasteiger partial charge in [0.05, 0.1) is 4.90 Å². The van der Waals surface area contributed by atoms with E-state index in [9.17, 15) is 17.6 Å². The predicted octanol–water partition coefficient (Wildman–Crippen LogP) is 3.78. The monoisotopic (exact) mass is 432 g/mol. The van der Waals surface area contributed by atoms with Crippen LogP contribution in [0.15, 0.2) is 35.2 Å². The summed E-state index contributed by atoms with van der Waals surface area (Å²) >= 11 is 0. The first kappa shape index (κ1) is 22.4. The van der Waals surface area contributed by atoms with Crippen molar-refractivity contribution >= 4 is 15.9 Å². The molecule has 162 valence electrons. The van der Waals surface area contributed by atoms with Gasteiger partial charge in [-0.25, -0.2) is 12.8 Å². The number of aryl methyl sites for hydroxylation is 2. The molecule has 0 bridgehead atoms. The molecule has 0 aromatic heterocycles. The van der Waals surface area contributed by atoms with Gasteiger partial charge in [-0.05, 0) is 68.9 Å². The second-order valence-corrected chi connectivity index (χ2v) is 9.95. The van der Waals surface area contributed by atoms with E-state index >= 15 is 0 Å². The maximum atomic E-state index is 13.7. The summed E-state index contributed by atoms with van der Waals surface area (Å²) in [4.78, 5) is 12.9. The lowest BCUT2D eigenvalue weighted by Gasteiger charge is -2.31. The largest absolute Gasteiger partial charge is 0.352 e. The number of piperidine rings is 1. The van der Waals surface area contributed by atoms with Gasteiger partial charge in [0.1, 0.15) is 5.82 Å². The van der Waals surface area contributed by atoms with Crippen molar-refractivity contribution in [3.05, 3.63) is 64.0 Å². The van der Waals surface area contributed by atoms with Gasteiger partial charge in [0, 0.05) is 31.1 Å². The van der Waals surface area contributed by atoms with E-state index in [0.29, 0.717) is 36.4 Å². The Hall–Kier alpha value is -2.25. The predicted molar refractivity (Wildman–Crippen MR) is 115 cm³/mol. The molecule has 2 aromatic carbocycles. The Labute approximate surface area is 178 Å². The van der Waals surface area contributed by atoms with Crippen LogP contribution < -0.4 is 5.32 Å². The van der Waals surface area contributed by atoms with E-state index in [0.717, 1.165) is 22.3 Å². The first-order valence-corrected chi connectivity index (χ1v) is 11.7. The molecule has 3 rings (SSSR count). The van der Waals surface area contributed by atoms with Crippen molar-refractivity contribution in [3.63, 3.8) is 0 Å². The van der Waals surface area contributed by atoms with Crippen LogP contribution in [-0.2, 0) is 21.4 Å². The summed E-state index contributed by atoms with van der Waals surface area (Å²) in [5.41, 5.74) is 3.91. The molecular weight excluding hydrogens is 403 g/mol. The fourth-order valence-electron chi connectivity index (χ4n) is 4.02. The van der Waals surface area contributed by atoms with Gasteiger partial charge in [0.25, 0.3) is 0 Å². The van der Waals surface area contributed by atoms with Gasteiger partial charge >= 0.3 is 0 Å². The standard InChI is InChI=1S/C23H29FN2O3S/c1-15-13-16(2)18(4)22(17(15)3)30(28,29)26-11-9-19(10-12-26)23(27)25-14-20-7-5-6-8-21(20)24/h5-8,13,19H,9-12,14H2,1-4H3,(H,25,27). The topological polar surface area (TPSA) is 66.5 Å². The minimum Gasteiger partial charge on any atom is -0.352 e. The van der Waals surface area contributed by atoms with Gasteiger partial charge < -0.3 is 5.32 Å². The molecule has 5 nitrogen and oxygen atoms in total. The molecule has 7 heteroatoms. The third-order valence-electron chi connectivity index (χ3n) is 6.13. The van der Waals surface area contributed by atoms with Crippen LogP contribution in [0, 0.1) is 39.4 Å². The fraction of sp³-hybridized carbons (Fsp3) is 0.435. The summed E-state index contributed by atoms with van der Waals surface area (Å²) in [6, 6.07) is 8.35. The summed E-state index contributed by atoms with van der Waals surface area (Å²) in [6.07, 6.45) is 0.899. The number of nitrogens with one attached hydrogen (secondary N) is 1. The van der Waals surface area contributed by atoms with Crippen molar-refractivity contribution in [2.24, 2.45) is 5.92 Å². The molecule has 0 spiro atoms. The number of benzene rings is 2. The van der Waals surface area contributed by atoms with Gasteiger partial charge in [-0.1, -0.05) is 24.3 Å². The summed E-state index contributed by atoms with van der Waals surface area (Å²) in [5, 5.41) is 2.78. The average Bonchev–Trinajstić information content (AvgIpc) is 2.71. The molecule has 0 radical (unpaired) electrons. The lowest BCUT2D eigenvalue weighted by atomic mass is 9.97. The maximum Gasteiger partial charge on any atom is 0.243 e. The first-order valence-electron chi connectivity index (χ1n) is 10.2. The van der Waals surface area contributed by atoms with Gasteiger partial charge in [-0.3, -0.25) is 4.79 Å². The molecule has 1 fully saturated rings. The Bertz CT molecular complexity index is 1030. The van der Waals surface area contributed by atoms with Crippen LogP contribution in [0.3, 0.4) is 0 Å². The maximum absolute atomic E-state index is 13.7. The summed E-state index contributed by atoms with van der Waals surface area (Å²) in [6.45, 7) is 8.26. The van der Waals surface area contributed by atoms with Gasteiger partial charge in [0.2, 0.25) is 15.9 Å². The Morgan fingerprint density at radius 3 is 2.20 bits per heavy atom. The van der Waals surface area contributed by atoms with Crippen molar-refractivity contribution in [3.8, 4) is 0 Å². The normalized spacial score (nSPS) is 15.9. The van der Waals surface area contributed by atoms with Crippen LogP contribution in [0.2, 0.25) is 0 Å². The molecule has 0 unspecified atom stereocenters. The van der Waals surface area contributed by atoms with Crippen molar-refractivity contribution in [2.75, 3.05) is 13.1 Å². The molecule has 30 heavy (non-hydrogen) atoms. The van der Waals surface area contributed by atoms with Gasteiger partial charge in [0.15, 0.2) is 0 Å². The number of halogens is 1. The zero-order valence-electron chi connectivity index (χ0n) is 18.0. The Morgan fingerprint density at radius 1 is 1.07 bits per heavy atom. The van der Waals surface area contributed by atoms with Crippen molar-refractivity contribution in [1.82, 2.24) is 9.62 Å². The van der Waals surface area contributed by atoms with Gasteiger partial charge in [-0.2, -0.15) is 4.31 Å². The molecule has 1 heterocycles. The number of carbonyl (C=O) groups excluding carboxylic acids is 1. The molecule has 1 N–H and O–H groups in total. The Balaban J connectivity index is 1.67. The zero-order valence-corrected chi connectivity index (χ0v) is 18.8. The number of hydrogen-bond donors (Lipinski definition) is 1. The van der Waals surface area contributed by atoms with E-state index in [-0.39, 0.29) is 24.2 Å². The number of carbonyl (C=O) groups is 1. The number of sulfonamides is 1. The molecular formula is C23H29FN2O3S. The fourth-order valence-corrected chi connectivity index (χ4v) is 6.07. The highest BCUT2D eigenvalue weighted by Crippen LogP contribution is 2.31. The lowest BCUT2D eigenvalue weighted by molar-refractivity contribution is -0.126. The SMILES string of the molecule is Cc1cc(C)c(C)c(S(=O)(=O)N2CCC(C(=O)NCc3ccccc3F)CC2)c1C. The number of amides is 1. The molecule has 0 saturated carbocycles. The van der Waals surface area contributed by atoms with Crippen molar-refractivity contribution in [1.29, 1.82) is 0 Å². The zero-order chi connectivity index (χ0) is 22.1. The van der Waals surface area contributed by atoms with Crippen LogP contribution in [-0.4, -0.2) is 31.7 Å². The highest BCUT2D eigenvalue weighted by Gasteiger charge is 2.34. The number of nitrogens with zero attached hydrogens (tertiary/aromatic N) is 1.